The summed E-state index contributed by atoms with van der Waals surface area (Å²) in [7, 11) is 0. The number of thiophene rings is 1. The number of nitrogens with two attached hydrogens (primary N) is 2. The van der Waals surface area contributed by atoms with E-state index in [1.165, 1.54) is 11.3 Å². The molecule has 5 heterocycles. The summed E-state index contributed by atoms with van der Waals surface area (Å²) >= 11 is 3.29. The highest BCUT2D eigenvalue weighted by atomic mass is 32.2. The Morgan fingerprint density at radius 3 is 2.94 bits per heavy atom. The van der Waals surface area contributed by atoms with E-state index in [-0.39, 0.29) is 29.9 Å². The van der Waals surface area contributed by atoms with Gasteiger partial charge < -0.3 is 20.4 Å². The molecule has 34 heavy (non-hydrogen) atoms. The minimum Gasteiger partial charge on any atom is -0.368 e. The molecule has 4 atom stereocenters. The van der Waals surface area contributed by atoms with Crippen molar-refractivity contribution in [1.29, 1.82) is 0 Å². The Labute approximate surface area is 204 Å². The zero-order chi connectivity index (χ0) is 24.1. The number of ether oxygens (including phenoxy) is 1. The summed E-state index contributed by atoms with van der Waals surface area (Å²) in [5.41, 5.74) is 3.74. The first-order chi connectivity index (χ1) is 16.5. The maximum Gasteiger partial charge on any atom is 0.315 e. The van der Waals surface area contributed by atoms with Gasteiger partial charge in [0.15, 0.2) is 0 Å². The number of thioether (sulfide) groups is 1. The molecule has 12 nitrogen and oxygen atoms in total. The van der Waals surface area contributed by atoms with E-state index in [1.807, 2.05) is 17.1 Å². The van der Waals surface area contributed by atoms with Gasteiger partial charge in [0, 0.05) is 29.4 Å². The molecule has 14 heteroatoms. The van der Waals surface area contributed by atoms with Gasteiger partial charge in [-0.05, 0) is 25.7 Å². The molecule has 0 radical (unpaired) electrons. The standard InChI is InChI=1S/C10H12N4O2S.C10H18N4O2S/c11-14(9(15)7-2-1-3-16-7)10-8-6(4-17-10)12-5-13-8;11-14-8(15)4-2-1-3-7-9-6(5-17-7)12-10(16)13-9/h4-5,7H,1-3,11H2,(H,12,13);6-7,9H,1-5,11H2,(H,14,15)(H2,12,13,16)/t;6-,7-,9-/m.0/s1. The van der Waals surface area contributed by atoms with Crippen LogP contribution in [0.4, 0.5) is 9.80 Å². The van der Waals surface area contributed by atoms with Crippen LogP contribution in [0.25, 0.3) is 11.0 Å². The third kappa shape index (κ3) is 5.63. The number of hydrogen-bond donors (Lipinski definition) is 6. The Bertz CT molecular complexity index is 1010. The number of carbonyl (C=O) groups is 3. The average Bonchev–Trinajstić information content (AvgIpc) is 3.63. The van der Waals surface area contributed by atoms with Crippen LogP contribution in [-0.4, -0.2) is 63.6 Å². The lowest BCUT2D eigenvalue weighted by Gasteiger charge is -2.18. The van der Waals surface area contributed by atoms with Crippen LogP contribution in [0, 0.1) is 0 Å². The summed E-state index contributed by atoms with van der Waals surface area (Å²) in [4.78, 5) is 41.3. The summed E-state index contributed by atoms with van der Waals surface area (Å²) in [5, 5.41) is 10.0. The van der Waals surface area contributed by atoms with Crippen LogP contribution in [0.5, 0.6) is 0 Å². The maximum atomic E-state index is 12.1. The van der Waals surface area contributed by atoms with Gasteiger partial charge in [-0.1, -0.05) is 6.42 Å². The van der Waals surface area contributed by atoms with Crippen molar-refractivity contribution in [2.45, 2.75) is 62.0 Å². The molecular formula is C20H30N8O4S2. The molecule has 3 fully saturated rings. The second kappa shape index (κ2) is 11.4. The summed E-state index contributed by atoms with van der Waals surface area (Å²) in [6.07, 6.45) is 6.18. The lowest BCUT2D eigenvalue weighted by molar-refractivity contribution is -0.127. The number of aromatic amines is 1. The summed E-state index contributed by atoms with van der Waals surface area (Å²) < 4.78 is 5.33. The molecular weight excluding hydrogens is 480 g/mol. The predicted octanol–water partition coefficient (Wildman–Crippen LogP) is 0.712. The Hall–Kier alpha value is -2.39. The summed E-state index contributed by atoms with van der Waals surface area (Å²) in [5.74, 6) is 11.5. The van der Waals surface area contributed by atoms with Crippen molar-refractivity contribution in [1.82, 2.24) is 26.0 Å². The number of imidazole rings is 1. The zero-order valence-corrected chi connectivity index (χ0v) is 20.3. The molecule has 4 amide bonds. The van der Waals surface area contributed by atoms with Crippen molar-refractivity contribution in [3.8, 4) is 0 Å². The highest BCUT2D eigenvalue weighted by molar-refractivity contribution is 8.00. The van der Waals surface area contributed by atoms with Crippen LogP contribution in [-0.2, 0) is 14.3 Å². The number of nitrogens with one attached hydrogen (secondary N) is 4. The lowest BCUT2D eigenvalue weighted by Crippen LogP contribution is -2.43. The molecule has 3 saturated heterocycles. The van der Waals surface area contributed by atoms with Gasteiger partial charge >= 0.3 is 6.03 Å². The molecule has 2 aromatic heterocycles. The molecule has 0 saturated carbocycles. The molecule has 3 aliphatic rings. The van der Waals surface area contributed by atoms with Crippen molar-refractivity contribution < 1.29 is 19.1 Å². The number of aromatic nitrogens is 2. The van der Waals surface area contributed by atoms with Gasteiger partial charge in [-0.15, -0.1) is 11.3 Å². The highest BCUT2D eigenvalue weighted by Gasteiger charge is 2.42. The van der Waals surface area contributed by atoms with Crippen molar-refractivity contribution in [3.05, 3.63) is 11.7 Å². The minimum atomic E-state index is -0.406. The minimum absolute atomic E-state index is 0.0483. The number of nitrogens with zero attached hydrogens (tertiary/aromatic N) is 2. The first kappa shape index (κ1) is 24.7. The largest absolute Gasteiger partial charge is 0.368 e. The number of rotatable bonds is 7. The maximum absolute atomic E-state index is 12.1. The van der Waals surface area contributed by atoms with Crippen LogP contribution in [0.1, 0.15) is 38.5 Å². The smallest absolute Gasteiger partial charge is 0.315 e. The van der Waals surface area contributed by atoms with Crippen LogP contribution in [0.3, 0.4) is 0 Å². The SMILES string of the molecule is NN(C(=O)C1CCCO1)c1scc2[nH]cnc12.NNC(=O)CCCC[C@@H]1SC[C@@H]2NC(=O)N[C@@H]21. The number of carbonyl (C=O) groups excluding carboxylic acids is 3. The number of amides is 4. The lowest BCUT2D eigenvalue weighted by atomic mass is 10.0. The first-order valence-corrected chi connectivity index (χ1v) is 13.2. The normalized spacial score (nSPS) is 25.3. The topological polar surface area (TPSA) is 180 Å². The van der Waals surface area contributed by atoms with Crippen LogP contribution in [0.2, 0.25) is 0 Å². The fraction of sp³-hybridized carbons (Fsp3) is 0.600. The Morgan fingerprint density at radius 1 is 1.32 bits per heavy atom. The monoisotopic (exact) mass is 510 g/mol. The molecule has 0 aliphatic carbocycles. The fourth-order valence-corrected chi connectivity index (χ4v) is 6.71. The number of urea groups is 1. The van der Waals surface area contributed by atoms with Crippen molar-refractivity contribution in [2.75, 3.05) is 17.4 Å². The predicted molar refractivity (Wildman–Crippen MR) is 131 cm³/mol. The van der Waals surface area contributed by atoms with E-state index in [2.05, 4.69) is 26.0 Å². The number of hydrazine groups is 2. The van der Waals surface area contributed by atoms with Gasteiger partial charge in [-0.2, -0.15) is 11.8 Å². The Morgan fingerprint density at radius 2 is 2.18 bits per heavy atom. The Kier molecular flexibility index (Phi) is 8.26. The second-order valence-electron chi connectivity index (χ2n) is 8.35. The first-order valence-electron chi connectivity index (χ1n) is 11.3. The molecule has 2 aromatic rings. The molecule has 0 spiro atoms. The van der Waals surface area contributed by atoms with Gasteiger partial charge in [0.05, 0.1) is 23.9 Å². The van der Waals surface area contributed by atoms with E-state index in [4.69, 9.17) is 16.4 Å². The van der Waals surface area contributed by atoms with Crippen molar-refractivity contribution in [3.63, 3.8) is 0 Å². The van der Waals surface area contributed by atoms with Crippen LogP contribution in [0.15, 0.2) is 11.7 Å². The second-order valence-corrected chi connectivity index (χ2v) is 10.5. The van der Waals surface area contributed by atoms with Crippen molar-refractivity contribution >= 4 is 57.0 Å². The third-order valence-electron chi connectivity index (χ3n) is 6.06. The number of hydrogen-bond acceptors (Lipinski definition) is 9. The van der Waals surface area contributed by atoms with Gasteiger partial charge in [0.2, 0.25) is 5.91 Å². The molecule has 186 valence electrons. The zero-order valence-electron chi connectivity index (χ0n) is 18.6. The third-order valence-corrected chi connectivity index (χ3v) is 8.54. The van der Waals surface area contributed by atoms with Crippen molar-refractivity contribution in [2.24, 2.45) is 11.7 Å². The van der Waals surface area contributed by atoms with Gasteiger partial charge in [-0.3, -0.25) is 15.0 Å². The number of H-pyrrole nitrogens is 1. The van der Waals surface area contributed by atoms with E-state index >= 15 is 0 Å². The molecule has 5 rings (SSSR count). The fourth-order valence-electron chi connectivity index (χ4n) is 4.28. The average molecular weight is 511 g/mol. The number of anilines is 1. The van der Waals surface area contributed by atoms with Gasteiger partial charge in [0.25, 0.3) is 5.91 Å². The van der Waals surface area contributed by atoms with E-state index in [9.17, 15) is 14.4 Å². The highest BCUT2D eigenvalue weighted by Crippen LogP contribution is 2.33. The van der Waals surface area contributed by atoms with E-state index in [1.54, 1.807) is 6.33 Å². The van der Waals surface area contributed by atoms with E-state index in [0.29, 0.717) is 23.3 Å². The number of fused-ring (bicyclic) bond motifs is 2. The molecule has 8 N–H and O–H groups in total. The van der Waals surface area contributed by atoms with Gasteiger partial charge in [0.1, 0.15) is 16.6 Å². The van der Waals surface area contributed by atoms with Gasteiger partial charge in [-0.25, -0.2) is 26.5 Å². The number of unbranched alkanes of at least 4 members (excludes halogenated alkanes) is 1. The van der Waals surface area contributed by atoms with Crippen LogP contribution < -0.4 is 32.8 Å². The molecule has 0 bridgehead atoms. The molecule has 3 aliphatic heterocycles. The van der Waals surface area contributed by atoms with E-state index in [0.717, 1.165) is 53.9 Å². The van der Waals surface area contributed by atoms with Crippen LogP contribution >= 0.6 is 23.1 Å². The molecule has 1 unspecified atom stereocenters. The van der Waals surface area contributed by atoms with E-state index < -0.39 is 6.10 Å². The quantitative estimate of drug-likeness (QED) is 0.104. The molecule has 0 aromatic carbocycles. The summed E-state index contributed by atoms with van der Waals surface area (Å²) in [6.45, 7) is 0.631. The Balaban J connectivity index is 0.000000161. The summed E-state index contributed by atoms with van der Waals surface area (Å²) in [6, 6.07) is 0.494.